The molecule has 3 amide bonds. The molecule has 152 valence electrons. The highest BCUT2D eigenvalue weighted by Gasteiger charge is 2.17. The Morgan fingerprint density at radius 3 is 2.69 bits per heavy atom. The molecular weight excluding hydrogens is 372 g/mol. The molecule has 10 heteroatoms. The van der Waals surface area contributed by atoms with Gasteiger partial charge in [-0.15, -0.1) is 5.10 Å². The first-order valence-electron chi connectivity index (χ1n) is 9.27. The van der Waals surface area contributed by atoms with Gasteiger partial charge in [0.1, 0.15) is 5.69 Å². The van der Waals surface area contributed by atoms with Crippen molar-refractivity contribution >= 4 is 23.5 Å². The zero-order chi connectivity index (χ0) is 20.8. The average molecular weight is 396 g/mol. The van der Waals surface area contributed by atoms with Crippen molar-refractivity contribution < 1.29 is 9.59 Å². The van der Waals surface area contributed by atoms with E-state index in [1.165, 1.54) is 4.52 Å². The standard InChI is InChI=1S/C19H24N8O2/c1-4-21-19(29)24-18-23-16-11-14(13-6-5-7-20-12-13)10-15(27(16)25-18)17(28)22-8-9-26(2)3/h5-7,10-12H,4,8-9H2,1-3H3,(H,22,28)(H2,21,24,25,29). The highest BCUT2D eigenvalue weighted by atomic mass is 16.2. The lowest BCUT2D eigenvalue weighted by atomic mass is 10.1. The molecular formula is C19H24N8O2. The fourth-order valence-electron chi connectivity index (χ4n) is 2.69. The third kappa shape index (κ3) is 5.05. The van der Waals surface area contributed by atoms with Crippen molar-refractivity contribution in [1.82, 2.24) is 35.1 Å². The van der Waals surface area contributed by atoms with Crippen molar-refractivity contribution in [2.75, 3.05) is 39.0 Å². The summed E-state index contributed by atoms with van der Waals surface area (Å²) in [4.78, 5) is 35.1. The van der Waals surface area contributed by atoms with Gasteiger partial charge in [-0.3, -0.25) is 15.1 Å². The first kappa shape index (κ1) is 20.2. The summed E-state index contributed by atoms with van der Waals surface area (Å²) in [6.07, 6.45) is 3.39. The van der Waals surface area contributed by atoms with Crippen LogP contribution in [0.15, 0.2) is 36.7 Å². The van der Waals surface area contributed by atoms with Crippen molar-refractivity contribution in [3.8, 4) is 11.1 Å². The van der Waals surface area contributed by atoms with Crippen molar-refractivity contribution in [3.63, 3.8) is 0 Å². The number of urea groups is 1. The van der Waals surface area contributed by atoms with Gasteiger partial charge in [0.25, 0.3) is 11.9 Å². The smallest absolute Gasteiger partial charge is 0.321 e. The summed E-state index contributed by atoms with van der Waals surface area (Å²) in [5, 5.41) is 12.4. The van der Waals surface area contributed by atoms with E-state index in [1.807, 2.05) is 38.1 Å². The highest BCUT2D eigenvalue weighted by molar-refractivity contribution is 5.95. The molecule has 0 fully saturated rings. The molecule has 3 aromatic rings. The summed E-state index contributed by atoms with van der Waals surface area (Å²) >= 11 is 0. The van der Waals surface area contributed by atoms with Crippen molar-refractivity contribution in [2.45, 2.75) is 6.92 Å². The van der Waals surface area contributed by atoms with Gasteiger partial charge in [0.05, 0.1) is 0 Å². The van der Waals surface area contributed by atoms with E-state index in [0.717, 1.165) is 11.1 Å². The molecule has 0 radical (unpaired) electrons. The Labute approximate surface area is 168 Å². The predicted octanol–water partition coefficient (Wildman–Crippen LogP) is 1.22. The fraction of sp³-hybridized carbons (Fsp3) is 0.316. The van der Waals surface area contributed by atoms with Gasteiger partial charge in [-0.25, -0.2) is 9.31 Å². The molecule has 0 spiro atoms. The Balaban J connectivity index is 1.99. The number of nitrogens with zero attached hydrogens (tertiary/aromatic N) is 5. The van der Waals surface area contributed by atoms with E-state index in [0.29, 0.717) is 31.0 Å². The minimum atomic E-state index is -0.409. The third-order valence-corrected chi connectivity index (χ3v) is 4.07. The van der Waals surface area contributed by atoms with Crippen molar-refractivity contribution in [1.29, 1.82) is 0 Å². The topological polar surface area (TPSA) is 117 Å². The maximum atomic E-state index is 12.8. The molecule has 3 heterocycles. The number of carbonyl (C=O) groups is 2. The number of aromatic nitrogens is 4. The zero-order valence-corrected chi connectivity index (χ0v) is 16.6. The van der Waals surface area contributed by atoms with E-state index in [2.05, 4.69) is 31.0 Å². The molecule has 3 aromatic heterocycles. The van der Waals surface area contributed by atoms with Gasteiger partial charge in [-0.1, -0.05) is 6.07 Å². The first-order valence-corrected chi connectivity index (χ1v) is 9.27. The molecule has 0 aliphatic carbocycles. The predicted molar refractivity (Wildman–Crippen MR) is 110 cm³/mol. The van der Waals surface area contributed by atoms with Crippen LogP contribution in [0.3, 0.4) is 0 Å². The summed E-state index contributed by atoms with van der Waals surface area (Å²) in [6, 6.07) is 6.84. The summed E-state index contributed by atoms with van der Waals surface area (Å²) in [6.45, 7) is 3.48. The summed E-state index contributed by atoms with van der Waals surface area (Å²) in [5.74, 6) is -0.168. The number of hydrogen-bond acceptors (Lipinski definition) is 6. The zero-order valence-electron chi connectivity index (χ0n) is 16.6. The number of fused-ring (bicyclic) bond motifs is 1. The maximum Gasteiger partial charge on any atom is 0.321 e. The number of carbonyl (C=O) groups excluding carboxylic acids is 2. The van der Waals surface area contributed by atoms with E-state index in [-0.39, 0.29) is 11.9 Å². The minimum absolute atomic E-state index is 0.113. The number of hydrogen-bond donors (Lipinski definition) is 3. The van der Waals surface area contributed by atoms with Gasteiger partial charge in [-0.05, 0) is 44.8 Å². The largest absolute Gasteiger partial charge is 0.349 e. The molecule has 0 saturated heterocycles. The third-order valence-electron chi connectivity index (χ3n) is 4.07. The van der Waals surface area contributed by atoms with Crippen molar-refractivity contribution in [3.05, 3.63) is 42.4 Å². The van der Waals surface area contributed by atoms with Crippen LogP contribution in [-0.2, 0) is 0 Å². The second-order valence-electron chi connectivity index (χ2n) is 6.62. The van der Waals surface area contributed by atoms with Crippen LogP contribution in [0.1, 0.15) is 17.4 Å². The Hall–Kier alpha value is -3.53. The van der Waals surface area contributed by atoms with Gasteiger partial charge >= 0.3 is 6.03 Å². The number of amides is 3. The van der Waals surface area contributed by atoms with Crippen LogP contribution in [0.4, 0.5) is 10.7 Å². The highest BCUT2D eigenvalue weighted by Crippen LogP contribution is 2.22. The SMILES string of the molecule is CCNC(=O)Nc1nc2cc(-c3cccnc3)cc(C(=O)NCCN(C)C)n2n1. The second kappa shape index (κ2) is 9.11. The molecule has 3 rings (SSSR count). The average Bonchev–Trinajstić information content (AvgIpc) is 3.09. The monoisotopic (exact) mass is 396 g/mol. The van der Waals surface area contributed by atoms with E-state index < -0.39 is 6.03 Å². The van der Waals surface area contributed by atoms with Crippen LogP contribution in [0, 0.1) is 0 Å². The van der Waals surface area contributed by atoms with Gasteiger partial charge in [0.2, 0.25) is 0 Å². The lowest BCUT2D eigenvalue weighted by Gasteiger charge is -2.11. The molecule has 0 aliphatic heterocycles. The van der Waals surface area contributed by atoms with Gasteiger partial charge in [0.15, 0.2) is 5.65 Å². The van der Waals surface area contributed by atoms with Gasteiger partial charge < -0.3 is 15.5 Å². The molecule has 10 nitrogen and oxygen atoms in total. The molecule has 0 aliphatic rings. The van der Waals surface area contributed by atoms with Crippen LogP contribution < -0.4 is 16.0 Å². The summed E-state index contributed by atoms with van der Waals surface area (Å²) < 4.78 is 1.42. The van der Waals surface area contributed by atoms with E-state index in [4.69, 9.17) is 0 Å². The normalized spacial score (nSPS) is 10.9. The van der Waals surface area contributed by atoms with Gasteiger partial charge in [-0.2, -0.15) is 4.98 Å². The molecule has 3 N–H and O–H groups in total. The quantitative estimate of drug-likeness (QED) is 0.553. The molecule has 0 unspecified atom stereocenters. The Bertz CT molecular complexity index is 1000. The minimum Gasteiger partial charge on any atom is -0.349 e. The van der Waals surface area contributed by atoms with Crippen LogP contribution in [0.5, 0.6) is 0 Å². The van der Waals surface area contributed by atoms with Crippen LogP contribution in [-0.4, -0.2) is 70.1 Å². The van der Waals surface area contributed by atoms with Crippen LogP contribution >= 0.6 is 0 Å². The van der Waals surface area contributed by atoms with Gasteiger partial charge in [0, 0.05) is 37.6 Å². The number of likely N-dealkylation sites (N-methyl/N-ethyl adjacent to an activating group) is 1. The van der Waals surface area contributed by atoms with Crippen LogP contribution in [0.2, 0.25) is 0 Å². The number of rotatable bonds is 7. The van der Waals surface area contributed by atoms with Crippen LogP contribution in [0.25, 0.3) is 16.8 Å². The summed E-state index contributed by atoms with van der Waals surface area (Å²) in [7, 11) is 3.87. The molecule has 0 bridgehead atoms. The van der Waals surface area contributed by atoms with E-state index >= 15 is 0 Å². The Morgan fingerprint density at radius 1 is 1.17 bits per heavy atom. The Kier molecular flexibility index (Phi) is 6.35. The van der Waals surface area contributed by atoms with E-state index in [1.54, 1.807) is 24.5 Å². The maximum absolute atomic E-state index is 12.8. The number of nitrogens with one attached hydrogen (secondary N) is 3. The molecule has 0 aromatic carbocycles. The van der Waals surface area contributed by atoms with E-state index in [9.17, 15) is 9.59 Å². The first-order chi connectivity index (χ1) is 14.0. The lowest BCUT2D eigenvalue weighted by molar-refractivity contribution is 0.0943. The van der Waals surface area contributed by atoms with Crippen molar-refractivity contribution in [2.24, 2.45) is 0 Å². The second-order valence-corrected chi connectivity index (χ2v) is 6.62. The Morgan fingerprint density at radius 2 is 2.00 bits per heavy atom. The molecule has 0 atom stereocenters. The molecule has 0 saturated carbocycles. The number of pyridine rings is 2. The number of anilines is 1. The molecule has 29 heavy (non-hydrogen) atoms. The summed E-state index contributed by atoms with van der Waals surface area (Å²) in [5.41, 5.74) is 2.38. The fourth-order valence-corrected chi connectivity index (χ4v) is 2.69. The lowest BCUT2D eigenvalue weighted by Crippen LogP contribution is -2.32.